The van der Waals surface area contributed by atoms with Gasteiger partial charge in [-0.3, -0.25) is 9.36 Å². The van der Waals surface area contributed by atoms with Gasteiger partial charge in [-0.1, -0.05) is 27.7 Å². The van der Waals surface area contributed by atoms with Crippen LogP contribution in [0.25, 0.3) is 0 Å². The van der Waals surface area contributed by atoms with Gasteiger partial charge >= 0.3 is 5.69 Å². The van der Waals surface area contributed by atoms with E-state index in [9.17, 15) is 9.59 Å². The fourth-order valence-corrected chi connectivity index (χ4v) is 3.78. The van der Waals surface area contributed by atoms with Gasteiger partial charge in [0.1, 0.15) is 5.82 Å². The fourth-order valence-electron chi connectivity index (χ4n) is 3.78. The molecule has 2 N–H and O–H groups in total. The van der Waals surface area contributed by atoms with Crippen LogP contribution < -0.4 is 11.0 Å². The number of nitrogens with one attached hydrogen (secondary N) is 1. The summed E-state index contributed by atoms with van der Waals surface area (Å²) < 4.78 is 11.9. The number of hydrogen-bond donors (Lipinski definition) is 2. The van der Waals surface area contributed by atoms with Gasteiger partial charge in [0.15, 0.2) is 12.5 Å². The van der Waals surface area contributed by atoms with Gasteiger partial charge in [-0.05, 0) is 30.2 Å². The van der Waals surface area contributed by atoms with Crippen molar-refractivity contribution in [2.75, 3.05) is 18.5 Å². The maximum Gasteiger partial charge on any atom is 0.351 e. The molecule has 26 heavy (non-hydrogen) atoms. The molecule has 0 bridgehead atoms. The van der Waals surface area contributed by atoms with Gasteiger partial charge in [-0.2, -0.15) is 4.98 Å². The first-order valence-electron chi connectivity index (χ1n) is 8.97. The van der Waals surface area contributed by atoms with E-state index in [1.807, 2.05) is 6.92 Å². The predicted molar refractivity (Wildman–Crippen MR) is 94.4 cm³/mol. The summed E-state index contributed by atoms with van der Waals surface area (Å²) in [6, 6.07) is 1.57. The van der Waals surface area contributed by atoms with Gasteiger partial charge in [0, 0.05) is 6.20 Å². The Morgan fingerprint density at radius 1 is 1.46 bits per heavy atom. The normalized spacial score (nSPS) is 33.3. The second kappa shape index (κ2) is 6.75. The summed E-state index contributed by atoms with van der Waals surface area (Å²) in [4.78, 5) is 29.1. The molecule has 2 fully saturated rings. The molecule has 1 aromatic heterocycles. The Morgan fingerprint density at radius 2 is 2.19 bits per heavy atom. The van der Waals surface area contributed by atoms with Crippen molar-refractivity contribution in [2.24, 2.45) is 16.7 Å². The Morgan fingerprint density at radius 3 is 2.73 bits per heavy atom. The zero-order valence-electron chi connectivity index (χ0n) is 15.7. The number of hydrogen-bond acceptors (Lipinski definition) is 6. The number of ether oxygens (including phenoxy) is 2. The number of anilines is 1. The molecule has 8 nitrogen and oxygen atoms in total. The molecule has 1 amide bonds. The van der Waals surface area contributed by atoms with Crippen LogP contribution >= 0.6 is 0 Å². The number of carbonyl (C=O) groups excluding carboxylic acids is 1. The van der Waals surface area contributed by atoms with Crippen molar-refractivity contribution in [3.8, 4) is 0 Å². The largest absolute Gasteiger partial charge is 0.391 e. The monoisotopic (exact) mass is 365 g/mol. The molecule has 0 unspecified atom stereocenters. The Hall–Kier alpha value is -1.77. The summed E-state index contributed by atoms with van der Waals surface area (Å²) in [6.07, 6.45) is 1.95. The SMILES string of the molecule is C[C@H]1CC[C@@](C)(C(=O)Nc2ccn([C@@H]3CO[C@H](CO)O3)c(=O)n2)C1(C)C. The van der Waals surface area contributed by atoms with Crippen molar-refractivity contribution >= 4 is 11.7 Å². The second-order valence-electron chi connectivity index (χ2n) is 7.99. The van der Waals surface area contributed by atoms with Crippen LogP contribution in [-0.2, 0) is 14.3 Å². The van der Waals surface area contributed by atoms with E-state index in [2.05, 4.69) is 31.1 Å². The van der Waals surface area contributed by atoms with Crippen LogP contribution in [-0.4, -0.2) is 40.1 Å². The van der Waals surface area contributed by atoms with Crippen molar-refractivity contribution in [1.29, 1.82) is 0 Å². The molecule has 1 aliphatic carbocycles. The fraction of sp³-hybridized carbons (Fsp3) is 0.722. The molecule has 1 saturated carbocycles. The van der Waals surface area contributed by atoms with E-state index < -0.39 is 23.6 Å². The minimum Gasteiger partial charge on any atom is -0.391 e. The average Bonchev–Trinajstić information content (AvgIpc) is 3.14. The van der Waals surface area contributed by atoms with Crippen LogP contribution in [0.4, 0.5) is 5.82 Å². The zero-order chi connectivity index (χ0) is 19.1. The highest BCUT2D eigenvalue weighted by molar-refractivity contribution is 5.95. The quantitative estimate of drug-likeness (QED) is 0.838. The minimum absolute atomic E-state index is 0.114. The van der Waals surface area contributed by atoms with E-state index in [1.54, 1.807) is 6.07 Å². The maximum atomic E-state index is 12.9. The van der Waals surface area contributed by atoms with E-state index in [4.69, 9.17) is 14.6 Å². The summed E-state index contributed by atoms with van der Waals surface area (Å²) in [5, 5.41) is 11.8. The molecule has 144 valence electrons. The van der Waals surface area contributed by atoms with Crippen LogP contribution in [0.15, 0.2) is 17.1 Å². The van der Waals surface area contributed by atoms with Crippen LogP contribution in [0.5, 0.6) is 0 Å². The summed E-state index contributed by atoms with van der Waals surface area (Å²) >= 11 is 0. The summed E-state index contributed by atoms with van der Waals surface area (Å²) in [5.41, 5.74) is -1.20. The van der Waals surface area contributed by atoms with Crippen molar-refractivity contribution in [3.05, 3.63) is 22.7 Å². The summed E-state index contributed by atoms with van der Waals surface area (Å²) in [7, 11) is 0. The lowest BCUT2D eigenvalue weighted by molar-refractivity contribution is -0.130. The number of aliphatic hydroxyl groups excluding tert-OH is 1. The molecule has 1 aliphatic heterocycles. The molecule has 1 saturated heterocycles. The van der Waals surface area contributed by atoms with E-state index in [0.29, 0.717) is 5.92 Å². The number of aromatic nitrogens is 2. The average molecular weight is 365 g/mol. The molecule has 1 aromatic rings. The second-order valence-corrected chi connectivity index (χ2v) is 7.99. The van der Waals surface area contributed by atoms with E-state index in [0.717, 1.165) is 12.8 Å². The third kappa shape index (κ3) is 3.06. The van der Waals surface area contributed by atoms with E-state index >= 15 is 0 Å². The molecule has 8 heteroatoms. The van der Waals surface area contributed by atoms with Gasteiger partial charge in [-0.15, -0.1) is 0 Å². The number of aliphatic hydroxyl groups is 1. The molecule has 2 heterocycles. The highest BCUT2D eigenvalue weighted by Crippen LogP contribution is 2.56. The van der Waals surface area contributed by atoms with Crippen molar-refractivity contribution in [1.82, 2.24) is 9.55 Å². The molecule has 3 rings (SSSR count). The highest BCUT2D eigenvalue weighted by atomic mass is 16.7. The Bertz CT molecular complexity index is 747. The lowest BCUT2D eigenvalue weighted by Gasteiger charge is -2.39. The standard InChI is InChI=1S/C18H27N3O5/c1-11-5-7-18(4,17(11,2)3)15(23)19-12-6-8-21(16(24)20-12)13-10-25-14(9-22)26-13/h6,8,11,13-14,22H,5,7,9-10H2,1-4H3,(H,19,20,23,24)/t11-,13-,14-,18-/m0/s1. The van der Waals surface area contributed by atoms with Gasteiger partial charge in [-0.25, -0.2) is 4.79 Å². The lowest BCUT2D eigenvalue weighted by Crippen LogP contribution is -2.43. The van der Waals surface area contributed by atoms with Gasteiger partial charge in [0.05, 0.1) is 18.6 Å². The first kappa shape index (κ1) is 19.0. The van der Waals surface area contributed by atoms with Crippen molar-refractivity contribution in [3.63, 3.8) is 0 Å². The summed E-state index contributed by atoms with van der Waals surface area (Å²) in [5.74, 6) is 0.556. The number of rotatable bonds is 4. The van der Waals surface area contributed by atoms with Crippen LogP contribution in [0, 0.1) is 16.7 Å². The molecule has 0 radical (unpaired) electrons. The molecular formula is C18H27N3O5. The molecular weight excluding hydrogens is 338 g/mol. The minimum atomic E-state index is -0.738. The van der Waals surface area contributed by atoms with Crippen LogP contribution in [0.3, 0.4) is 0 Å². The topological polar surface area (TPSA) is 103 Å². The third-order valence-electron chi connectivity index (χ3n) is 6.50. The van der Waals surface area contributed by atoms with Crippen LogP contribution in [0.2, 0.25) is 0 Å². The van der Waals surface area contributed by atoms with E-state index in [-0.39, 0.29) is 30.4 Å². The molecule has 4 atom stereocenters. The molecule has 0 aromatic carbocycles. The first-order valence-corrected chi connectivity index (χ1v) is 8.97. The molecule has 2 aliphatic rings. The highest BCUT2D eigenvalue weighted by Gasteiger charge is 2.54. The van der Waals surface area contributed by atoms with Gasteiger partial charge < -0.3 is 19.9 Å². The summed E-state index contributed by atoms with van der Waals surface area (Å²) in [6.45, 7) is 8.25. The number of carbonyl (C=O) groups is 1. The van der Waals surface area contributed by atoms with Gasteiger partial charge in [0.2, 0.25) is 5.91 Å². The van der Waals surface area contributed by atoms with Crippen LogP contribution in [0.1, 0.15) is 46.8 Å². The molecule has 0 spiro atoms. The first-order chi connectivity index (χ1) is 12.2. The maximum absolute atomic E-state index is 12.9. The van der Waals surface area contributed by atoms with Crippen molar-refractivity contribution < 1.29 is 19.4 Å². The van der Waals surface area contributed by atoms with Crippen molar-refractivity contribution in [2.45, 2.75) is 53.1 Å². The Kier molecular flexibility index (Phi) is 4.94. The third-order valence-corrected chi connectivity index (χ3v) is 6.50. The van der Waals surface area contributed by atoms with Gasteiger partial charge in [0.25, 0.3) is 0 Å². The smallest absolute Gasteiger partial charge is 0.351 e. The van der Waals surface area contributed by atoms with E-state index in [1.165, 1.54) is 10.8 Å². The Labute approximate surface area is 152 Å². The predicted octanol–water partition coefficient (Wildman–Crippen LogP) is 1.51. The zero-order valence-corrected chi connectivity index (χ0v) is 15.7. The number of nitrogens with zero attached hydrogens (tertiary/aromatic N) is 2. The number of amides is 1. The Balaban J connectivity index is 1.74. The lowest BCUT2D eigenvalue weighted by atomic mass is 9.65.